The number of carbonyl (C=O) groups is 1. The fourth-order valence-electron chi connectivity index (χ4n) is 3.48. The molecule has 0 aliphatic carbocycles. The molecule has 0 saturated carbocycles. The lowest BCUT2D eigenvalue weighted by atomic mass is 9.89. The molecule has 166 valence electrons. The van der Waals surface area contributed by atoms with Crippen LogP contribution in [0.1, 0.15) is 76.3 Å². The normalized spacial score (nSPS) is 13.2. The highest BCUT2D eigenvalue weighted by atomic mass is 16.5. The summed E-state index contributed by atoms with van der Waals surface area (Å²) < 4.78 is 5.07. The van der Waals surface area contributed by atoms with Gasteiger partial charge in [0.05, 0.1) is 25.4 Å². The number of nitrogens with one attached hydrogen (secondary N) is 1. The van der Waals surface area contributed by atoms with Crippen molar-refractivity contribution in [2.45, 2.75) is 83.6 Å². The van der Waals surface area contributed by atoms with Gasteiger partial charge in [-0.15, -0.1) is 0 Å². The maximum atomic E-state index is 12.1. The highest BCUT2D eigenvalue weighted by Crippen LogP contribution is 2.19. The van der Waals surface area contributed by atoms with Crippen molar-refractivity contribution in [1.82, 2.24) is 5.32 Å². The first-order valence-electron chi connectivity index (χ1n) is 11.3. The number of aliphatic hydroxyl groups excluding tert-OH is 2. The van der Waals surface area contributed by atoms with Crippen molar-refractivity contribution in [1.29, 1.82) is 0 Å². The fourth-order valence-corrected chi connectivity index (χ4v) is 3.48. The highest BCUT2D eigenvalue weighted by molar-refractivity contribution is 5.78. The first-order chi connectivity index (χ1) is 14.1. The first-order valence-corrected chi connectivity index (χ1v) is 11.3. The number of hydrogen-bond donors (Lipinski definition) is 3. The van der Waals surface area contributed by atoms with Crippen LogP contribution in [0.2, 0.25) is 0 Å². The fraction of sp³-hybridized carbons (Fsp3) is 0.708. The zero-order valence-corrected chi connectivity index (χ0v) is 18.4. The smallest absolute Gasteiger partial charge is 0.246 e. The molecule has 1 unspecified atom stereocenters. The number of amides is 1. The van der Waals surface area contributed by atoms with Crippen molar-refractivity contribution in [2.24, 2.45) is 0 Å². The van der Waals surface area contributed by atoms with Gasteiger partial charge in [0.1, 0.15) is 6.61 Å². The van der Waals surface area contributed by atoms with Gasteiger partial charge in [-0.2, -0.15) is 0 Å². The van der Waals surface area contributed by atoms with E-state index in [1.807, 2.05) is 6.92 Å². The van der Waals surface area contributed by atoms with Gasteiger partial charge in [0.2, 0.25) is 5.91 Å². The molecule has 1 rings (SSSR count). The Balaban J connectivity index is 2.44. The average Bonchev–Trinajstić information content (AvgIpc) is 2.74. The second-order valence-corrected chi connectivity index (χ2v) is 7.95. The van der Waals surface area contributed by atoms with Gasteiger partial charge in [0.25, 0.3) is 0 Å². The summed E-state index contributed by atoms with van der Waals surface area (Å²) in [4.78, 5) is 12.1. The van der Waals surface area contributed by atoms with Crippen molar-refractivity contribution >= 4 is 5.91 Å². The number of carbonyl (C=O) groups excluding carboxylic acids is 1. The number of rotatable bonds is 17. The molecular formula is C24H41NO4. The lowest BCUT2D eigenvalue weighted by Crippen LogP contribution is -2.52. The van der Waals surface area contributed by atoms with Crippen LogP contribution in [-0.4, -0.2) is 48.1 Å². The average molecular weight is 408 g/mol. The third-order valence-electron chi connectivity index (χ3n) is 5.59. The Bertz CT molecular complexity index is 540. The topological polar surface area (TPSA) is 78.8 Å². The van der Waals surface area contributed by atoms with E-state index in [4.69, 9.17) is 9.84 Å². The predicted molar refractivity (Wildman–Crippen MR) is 118 cm³/mol. The summed E-state index contributed by atoms with van der Waals surface area (Å²) in [5, 5.41) is 21.6. The van der Waals surface area contributed by atoms with Gasteiger partial charge in [0, 0.05) is 0 Å². The molecule has 1 amide bonds. The minimum absolute atomic E-state index is 0.102. The quantitative estimate of drug-likeness (QED) is 0.343. The van der Waals surface area contributed by atoms with E-state index < -0.39 is 5.54 Å². The van der Waals surface area contributed by atoms with E-state index in [0.717, 1.165) is 12.8 Å². The molecule has 0 aromatic heterocycles. The molecule has 0 aliphatic heterocycles. The zero-order valence-electron chi connectivity index (χ0n) is 18.4. The SMILES string of the molecule is CCCCCCCCc1ccc(CCC(CC)(CO)NC(=O)COCCO)cc1. The highest BCUT2D eigenvalue weighted by Gasteiger charge is 2.29. The van der Waals surface area contributed by atoms with Gasteiger partial charge in [-0.05, 0) is 43.2 Å². The summed E-state index contributed by atoms with van der Waals surface area (Å²) >= 11 is 0. The summed E-state index contributed by atoms with van der Waals surface area (Å²) in [5.74, 6) is -0.261. The maximum absolute atomic E-state index is 12.1. The molecule has 1 aromatic rings. The van der Waals surface area contributed by atoms with Crippen LogP contribution in [0.5, 0.6) is 0 Å². The summed E-state index contributed by atoms with van der Waals surface area (Å²) in [5.41, 5.74) is 1.95. The van der Waals surface area contributed by atoms with E-state index in [1.165, 1.54) is 49.7 Å². The van der Waals surface area contributed by atoms with E-state index in [-0.39, 0.29) is 32.3 Å². The molecule has 0 spiro atoms. The van der Waals surface area contributed by atoms with Gasteiger partial charge in [-0.25, -0.2) is 0 Å². The number of benzene rings is 1. The monoisotopic (exact) mass is 407 g/mol. The number of hydrogen-bond acceptors (Lipinski definition) is 4. The van der Waals surface area contributed by atoms with Crippen LogP contribution in [0, 0.1) is 0 Å². The maximum Gasteiger partial charge on any atom is 0.246 e. The van der Waals surface area contributed by atoms with E-state index in [0.29, 0.717) is 12.8 Å². The lowest BCUT2D eigenvalue weighted by Gasteiger charge is -2.32. The molecule has 0 bridgehead atoms. The number of unbranched alkanes of at least 4 members (excludes halogenated alkanes) is 5. The standard InChI is InChI=1S/C24H41NO4/c1-3-5-6-7-8-9-10-21-11-13-22(14-12-21)15-16-24(4-2,20-27)25-23(28)19-29-18-17-26/h11-14,26-27H,3-10,15-20H2,1-2H3,(H,25,28). The molecular weight excluding hydrogens is 366 g/mol. The third kappa shape index (κ3) is 10.8. The van der Waals surface area contributed by atoms with Gasteiger partial charge in [-0.1, -0.05) is 70.2 Å². The molecule has 0 fully saturated rings. The van der Waals surface area contributed by atoms with Crippen molar-refractivity contribution in [3.63, 3.8) is 0 Å². The molecule has 1 aromatic carbocycles. The summed E-state index contributed by atoms with van der Waals surface area (Å²) in [7, 11) is 0. The van der Waals surface area contributed by atoms with Crippen molar-refractivity contribution in [3.05, 3.63) is 35.4 Å². The Morgan fingerprint density at radius 2 is 1.59 bits per heavy atom. The zero-order chi connectivity index (χ0) is 21.4. The Hall–Kier alpha value is -1.43. The van der Waals surface area contributed by atoms with Crippen LogP contribution >= 0.6 is 0 Å². The molecule has 0 radical (unpaired) electrons. The second-order valence-electron chi connectivity index (χ2n) is 7.95. The van der Waals surface area contributed by atoms with Gasteiger partial charge >= 0.3 is 0 Å². The van der Waals surface area contributed by atoms with E-state index >= 15 is 0 Å². The lowest BCUT2D eigenvalue weighted by molar-refractivity contribution is -0.128. The number of aryl methyl sites for hydroxylation is 2. The van der Waals surface area contributed by atoms with Crippen molar-refractivity contribution < 1.29 is 19.7 Å². The van der Waals surface area contributed by atoms with Crippen LogP contribution in [0.3, 0.4) is 0 Å². The first kappa shape index (κ1) is 25.6. The molecule has 0 aliphatic rings. The summed E-state index contributed by atoms with van der Waals surface area (Å²) in [6.07, 6.45) is 11.1. The molecule has 1 atom stereocenters. The van der Waals surface area contributed by atoms with Crippen LogP contribution in [-0.2, 0) is 22.4 Å². The van der Waals surface area contributed by atoms with Crippen molar-refractivity contribution in [3.8, 4) is 0 Å². The molecule has 5 heteroatoms. The Labute approximate surface area is 176 Å². The molecule has 29 heavy (non-hydrogen) atoms. The largest absolute Gasteiger partial charge is 0.394 e. The van der Waals surface area contributed by atoms with E-state index in [1.54, 1.807) is 0 Å². The van der Waals surface area contributed by atoms with E-state index in [9.17, 15) is 9.90 Å². The minimum atomic E-state index is -0.642. The van der Waals surface area contributed by atoms with Gasteiger partial charge < -0.3 is 20.3 Å². The molecule has 5 nitrogen and oxygen atoms in total. The summed E-state index contributed by atoms with van der Waals surface area (Å²) in [6.45, 7) is 4.03. The molecule has 0 heterocycles. The number of aliphatic hydroxyl groups is 2. The van der Waals surface area contributed by atoms with Gasteiger partial charge in [0.15, 0.2) is 0 Å². The number of ether oxygens (including phenoxy) is 1. The Morgan fingerprint density at radius 3 is 2.17 bits per heavy atom. The minimum Gasteiger partial charge on any atom is -0.394 e. The van der Waals surface area contributed by atoms with Crippen LogP contribution in [0.15, 0.2) is 24.3 Å². The van der Waals surface area contributed by atoms with Crippen LogP contribution in [0.4, 0.5) is 0 Å². The summed E-state index contributed by atoms with van der Waals surface area (Å²) in [6, 6.07) is 8.73. The van der Waals surface area contributed by atoms with Crippen LogP contribution < -0.4 is 5.32 Å². The van der Waals surface area contributed by atoms with E-state index in [2.05, 4.69) is 36.5 Å². The van der Waals surface area contributed by atoms with Crippen LogP contribution in [0.25, 0.3) is 0 Å². The third-order valence-corrected chi connectivity index (χ3v) is 5.59. The Morgan fingerprint density at radius 1 is 0.966 bits per heavy atom. The van der Waals surface area contributed by atoms with Crippen molar-refractivity contribution in [2.75, 3.05) is 26.4 Å². The molecule has 0 saturated heterocycles. The predicted octanol–water partition coefficient (Wildman–Crippen LogP) is 3.79. The molecule has 3 N–H and O–H groups in total. The second kappa shape index (κ2) is 15.4. The Kier molecular flexibility index (Phi) is 13.6. The van der Waals surface area contributed by atoms with Gasteiger partial charge in [-0.3, -0.25) is 4.79 Å².